The highest BCUT2D eigenvalue weighted by molar-refractivity contribution is 5.37. The van der Waals surface area contributed by atoms with Gasteiger partial charge in [0, 0.05) is 18.5 Å². The topological polar surface area (TPSA) is 92.2 Å². The van der Waals surface area contributed by atoms with Crippen LogP contribution in [-0.2, 0) is 0 Å². The number of rotatable bonds is 5. The Bertz CT molecular complexity index is 452. The van der Waals surface area contributed by atoms with Crippen LogP contribution in [0.3, 0.4) is 0 Å². The molecular formula is C12H21N5O2. The predicted octanol–water partition coefficient (Wildman–Crippen LogP) is 0.883. The highest BCUT2D eigenvalue weighted by atomic mass is 16.5. The molecular weight excluding hydrogens is 246 g/mol. The summed E-state index contributed by atoms with van der Waals surface area (Å²) in [6, 6.07) is 0.436. The van der Waals surface area contributed by atoms with Crippen LogP contribution in [0, 0.1) is 5.41 Å². The van der Waals surface area contributed by atoms with E-state index in [-0.39, 0.29) is 17.6 Å². The number of aromatic nitrogens is 3. The average Bonchev–Trinajstić information content (AvgIpc) is 2.38. The molecule has 1 fully saturated rings. The number of ether oxygens (including phenoxy) is 1. The smallest absolute Gasteiger partial charge is 0.323 e. The molecule has 1 heterocycles. The van der Waals surface area contributed by atoms with Crippen molar-refractivity contribution in [3.63, 3.8) is 0 Å². The van der Waals surface area contributed by atoms with Gasteiger partial charge in [0.25, 0.3) is 0 Å². The van der Waals surface area contributed by atoms with E-state index in [4.69, 9.17) is 4.74 Å². The fourth-order valence-corrected chi connectivity index (χ4v) is 2.03. The average molecular weight is 267 g/mol. The van der Waals surface area contributed by atoms with E-state index in [1.54, 1.807) is 7.05 Å². The Morgan fingerprint density at radius 2 is 2.00 bits per heavy atom. The molecule has 0 aromatic carbocycles. The first kappa shape index (κ1) is 13.8. The Morgan fingerprint density at radius 3 is 2.53 bits per heavy atom. The number of nitrogens with zero attached hydrogens (tertiary/aromatic N) is 3. The monoisotopic (exact) mass is 267 g/mol. The fourth-order valence-electron chi connectivity index (χ4n) is 2.03. The number of aliphatic hydroxyl groups is 1. The Morgan fingerprint density at radius 1 is 1.32 bits per heavy atom. The van der Waals surface area contributed by atoms with Crippen molar-refractivity contribution in [2.75, 3.05) is 24.3 Å². The van der Waals surface area contributed by atoms with Crippen LogP contribution in [-0.4, -0.2) is 45.9 Å². The van der Waals surface area contributed by atoms with Crippen LogP contribution in [0.4, 0.5) is 11.9 Å². The highest BCUT2D eigenvalue weighted by Crippen LogP contribution is 2.41. The number of hydrogen-bond donors (Lipinski definition) is 3. The molecule has 0 bridgehead atoms. The molecule has 1 aromatic heterocycles. The second-order valence-electron chi connectivity index (χ2n) is 5.22. The normalized spacial score (nSPS) is 24.5. The van der Waals surface area contributed by atoms with Crippen LogP contribution < -0.4 is 15.4 Å². The van der Waals surface area contributed by atoms with Gasteiger partial charge in [-0.15, -0.1) is 0 Å². The van der Waals surface area contributed by atoms with Crippen LogP contribution in [0.25, 0.3) is 0 Å². The molecule has 0 spiro atoms. The van der Waals surface area contributed by atoms with E-state index >= 15 is 0 Å². The predicted molar refractivity (Wildman–Crippen MR) is 72.4 cm³/mol. The minimum Gasteiger partial charge on any atom is -0.464 e. The maximum atomic E-state index is 9.73. The van der Waals surface area contributed by atoms with Gasteiger partial charge in [-0.25, -0.2) is 0 Å². The van der Waals surface area contributed by atoms with E-state index in [1.165, 1.54) is 0 Å². The van der Waals surface area contributed by atoms with Crippen LogP contribution in [0.2, 0.25) is 0 Å². The molecule has 0 amide bonds. The Balaban J connectivity index is 2.13. The summed E-state index contributed by atoms with van der Waals surface area (Å²) in [5.41, 5.74) is -0.182. The minimum absolute atomic E-state index is 0.143. The van der Waals surface area contributed by atoms with Crippen molar-refractivity contribution in [2.45, 2.75) is 39.3 Å². The summed E-state index contributed by atoms with van der Waals surface area (Å²) in [4.78, 5) is 12.5. The lowest BCUT2D eigenvalue weighted by Crippen LogP contribution is -2.57. The van der Waals surface area contributed by atoms with Crippen molar-refractivity contribution in [2.24, 2.45) is 5.41 Å². The van der Waals surface area contributed by atoms with E-state index in [1.807, 2.05) is 20.8 Å². The van der Waals surface area contributed by atoms with Gasteiger partial charge in [0.15, 0.2) is 0 Å². The number of hydrogen-bond acceptors (Lipinski definition) is 7. The van der Waals surface area contributed by atoms with Crippen LogP contribution in [0.5, 0.6) is 6.01 Å². The molecule has 19 heavy (non-hydrogen) atoms. The van der Waals surface area contributed by atoms with Crippen LogP contribution in [0.15, 0.2) is 0 Å². The van der Waals surface area contributed by atoms with Gasteiger partial charge in [0.05, 0.1) is 12.7 Å². The quantitative estimate of drug-likeness (QED) is 0.729. The van der Waals surface area contributed by atoms with E-state index in [2.05, 4.69) is 25.6 Å². The van der Waals surface area contributed by atoms with E-state index in [0.29, 0.717) is 30.9 Å². The molecule has 7 heteroatoms. The van der Waals surface area contributed by atoms with Crippen molar-refractivity contribution >= 4 is 11.9 Å². The first-order valence-corrected chi connectivity index (χ1v) is 6.48. The molecule has 1 aromatic rings. The van der Waals surface area contributed by atoms with Gasteiger partial charge in [-0.05, 0) is 13.3 Å². The van der Waals surface area contributed by atoms with Gasteiger partial charge in [-0.3, -0.25) is 0 Å². The van der Waals surface area contributed by atoms with Crippen molar-refractivity contribution in [1.82, 2.24) is 15.0 Å². The number of anilines is 2. The second-order valence-corrected chi connectivity index (χ2v) is 5.22. The molecule has 1 saturated carbocycles. The minimum atomic E-state index is -0.290. The first-order chi connectivity index (χ1) is 8.97. The zero-order valence-corrected chi connectivity index (χ0v) is 11.8. The largest absolute Gasteiger partial charge is 0.464 e. The number of aliphatic hydroxyl groups excluding tert-OH is 1. The Hall–Kier alpha value is -1.63. The summed E-state index contributed by atoms with van der Waals surface area (Å²) in [6.07, 6.45) is 0.402. The molecule has 7 nitrogen and oxygen atoms in total. The molecule has 0 saturated heterocycles. The molecule has 3 N–H and O–H groups in total. The molecule has 1 aliphatic rings. The fraction of sp³-hybridized carbons (Fsp3) is 0.750. The van der Waals surface area contributed by atoms with Gasteiger partial charge < -0.3 is 20.5 Å². The summed E-state index contributed by atoms with van der Waals surface area (Å²) in [6.45, 7) is 6.41. The van der Waals surface area contributed by atoms with Crippen molar-refractivity contribution in [3.8, 4) is 6.01 Å². The lowest BCUT2D eigenvalue weighted by atomic mass is 9.65. The first-order valence-electron chi connectivity index (χ1n) is 6.48. The molecule has 106 valence electrons. The molecule has 2 rings (SSSR count). The highest BCUT2D eigenvalue weighted by Gasteiger charge is 2.47. The molecule has 0 aliphatic heterocycles. The second kappa shape index (κ2) is 5.16. The van der Waals surface area contributed by atoms with Gasteiger partial charge >= 0.3 is 6.01 Å². The van der Waals surface area contributed by atoms with Crippen LogP contribution >= 0.6 is 0 Å². The Labute approximate surface area is 112 Å². The van der Waals surface area contributed by atoms with Gasteiger partial charge in [-0.2, -0.15) is 15.0 Å². The van der Waals surface area contributed by atoms with Gasteiger partial charge in [-0.1, -0.05) is 13.8 Å². The summed E-state index contributed by atoms with van der Waals surface area (Å²) < 4.78 is 5.30. The van der Waals surface area contributed by atoms with Crippen molar-refractivity contribution in [3.05, 3.63) is 0 Å². The maximum Gasteiger partial charge on any atom is 0.323 e. The Kier molecular flexibility index (Phi) is 3.75. The summed E-state index contributed by atoms with van der Waals surface area (Å²) in [5, 5.41) is 15.8. The molecule has 1 aliphatic carbocycles. The molecule has 2 unspecified atom stereocenters. The third-order valence-electron chi connectivity index (χ3n) is 3.63. The molecule has 0 radical (unpaired) electrons. The van der Waals surface area contributed by atoms with Gasteiger partial charge in [0.2, 0.25) is 11.9 Å². The van der Waals surface area contributed by atoms with E-state index in [0.717, 1.165) is 0 Å². The van der Waals surface area contributed by atoms with Crippen molar-refractivity contribution in [1.29, 1.82) is 0 Å². The lowest BCUT2D eigenvalue weighted by molar-refractivity contribution is -0.0513. The SMILES string of the molecule is CCOc1nc(NC)nc(NC2CC(O)C2(C)C)n1. The zero-order valence-electron chi connectivity index (χ0n) is 11.8. The van der Waals surface area contributed by atoms with Crippen molar-refractivity contribution < 1.29 is 9.84 Å². The summed E-state index contributed by atoms with van der Waals surface area (Å²) >= 11 is 0. The van der Waals surface area contributed by atoms with E-state index in [9.17, 15) is 5.11 Å². The third-order valence-corrected chi connectivity index (χ3v) is 3.63. The summed E-state index contributed by atoms with van der Waals surface area (Å²) in [5.74, 6) is 0.923. The standard InChI is InChI=1S/C12H21N5O2/c1-5-19-11-16-9(13-4)15-10(17-11)14-7-6-8(18)12(7,2)3/h7-8,18H,5-6H2,1-4H3,(H2,13,14,15,16,17). The van der Waals surface area contributed by atoms with Gasteiger partial charge in [0.1, 0.15) is 0 Å². The van der Waals surface area contributed by atoms with Crippen LogP contribution in [0.1, 0.15) is 27.2 Å². The zero-order chi connectivity index (χ0) is 14.0. The third kappa shape index (κ3) is 2.70. The molecule has 2 atom stereocenters. The summed E-state index contributed by atoms with van der Waals surface area (Å²) in [7, 11) is 1.74. The number of nitrogens with one attached hydrogen (secondary N) is 2. The lowest BCUT2D eigenvalue weighted by Gasteiger charge is -2.49. The van der Waals surface area contributed by atoms with E-state index < -0.39 is 0 Å². The maximum absolute atomic E-state index is 9.73.